The minimum atomic E-state index is -4.96. The van der Waals surface area contributed by atoms with Gasteiger partial charge in [0.25, 0.3) is 10.0 Å². The summed E-state index contributed by atoms with van der Waals surface area (Å²) >= 11 is 6.39. The van der Waals surface area contributed by atoms with Crippen molar-refractivity contribution in [3.63, 3.8) is 0 Å². The first kappa shape index (κ1) is 30.4. The van der Waals surface area contributed by atoms with E-state index in [9.17, 15) is 12.8 Å². The van der Waals surface area contributed by atoms with Crippen LogP contribution in [0.1, 0.15) is 18.4 Å². The van der Waals surface area contributed by atoms with Gasteiger partial charge in [0.15, 0.2) is 10.7 Å². The van der Waals surface area contributed by atoms with Gasteiger partial charge in [0.1, 0.15) is 28.0 Å². The molecule has 0 bridgehead atoms. The molecule has 2 aliphatic rings. The molecule has 1 aromatic heterocycles. The van der Waals surface area contributed by atoms with E-state index >= 15 is 8.78 Å². The molecule has 13 heteroatoms. The molecule has 42 heavy (non-hydrogen) atoms. The quantitative estimate of drug-likeness (QED) is 0.242. The maximum absolute atomic E-state index is 15.9. The summed E-state index contributed by atoms with van der Waals surface area (Å²) in [5.74, 6) is -3.31. The number of aromatic nitrogens is 1. The lowest BCUT2D eigenvalue weighted by atomic mass is 9.76. The average molecular weight is 625 g/mol. The van der Waals surface area contributed by atoms with E-state index in [1.54, 1.807) is 36.3 Å². The van der Waals surface area contributed by atoms with Crippen molar-refractivity contribution in [3.05, 3.63) is 76.7 Å². The highest BCUT2D eigenvalue weighted by Crippen LogP contribution is 2.44. The molecule has 1 unspecified atom stereocenters. The Hall–Kier alpha value is -3.06. The number of hydrogen-bond acceptors (Lipinski definition) is 7. The van der Waals surface area contributed by atoms with Crippen molar-refractivity contribution in [2.75, 3.05) is 56.7 Å². The van der Waals surface area contributed by atoms with Gasteiger partial charge < -0.3 is 19.3 Å². The van der Waals surface area contributed by atoms with Gasteiger partial charge in [-0.05, 0) is 56.3 Å². The van der Waals surface area contributed by atoms with Crippen LogP contribution in [-0.2, 0) is 21.3 Å². The topological polar surface area (TPSA) is 75.2 Å². The fourth-order valence-electron chi connectivity index (χ4n) is 5.78. The van der Waals surface area contributed by atoms with E-state index in [4.69, 9.17) is 21.1 Å². The van der Waals surface area contributed by atoms with Gasteiger partial charge in [-0.1, -0.05) is 29.8 Å². The first-order valence-corrected chi connectivity index (χ1v) is 15.3. The summed E-state index contributed by atoms with van der Waals surface area (Å²) in [6.07, 6.45) is 1.99. The normalized spacial score (nSPS) is 18.9. The molecule has 2 saturated heterocycles. The van der Waals surface area contributed by atoms with Gasteiger partial charge in [-0.2, -0.15) is 4.39 Å². The van der Waals surface area contributed by atoms with E-state index in [0.717, 1.165) is 38.1 Å². The molecule has 5 rings (SSSR count). The zero-order chi connectivity index (χ0) is 30.2. The number of halogens is 4. The summed E-state index contributed by atoms with van der Waals surface area (Å²) in [6.45, 7) is 2.15. The third-order valence-corrected chi connectivity index (χ3v) is 10.3. The van der Waals surface area contributed by atoms with Gasteiger partial charge in [-0.25, -0.2) is 26.5 Å². The van der Waals surface area contributed by atoms with Gasteiger partial charge in [0.05, 0.1) is 19.3 Å². The van der Waals surface area contributed by atoms with Gasteiger partial charge in [-0.3, -0.25) is 0 Å². The maximum Gasteiger partial charge on any atom is 0.271 e. The van der Waals surface area contributed by atoms with Crippen LogP contribution in [0.4, 0.5) is 24.7 Å². The van der Waals surface area contributed by atoms with Crippen LogP contribution < -0.4 is 13.9 Å². The number of benzene rings is 2. The van der Waals surface area contributed by atoms with Crippen molar-refractivity contribution in [2.45, 2.75) is 29.9 Å². The van der Waals surface area contributed by atoms with Crippen LogP contribution in [0.15, 0.2) is 53.4 Å². The van der Waals surface area contributed by atoms with Crippen molar-refractivity contribution in [1.82, 2.24) is 9.88 Å². The van der Waals surface area contributed by atoms with Gasteiger partial charge in [-0.15, -0.1) is 0 Å². The predicted molar refractivity (Wildman–Crippen MR) is 154 cm³/mol. The van der Waals surface area contributed by atoms with E-state index in [2.05, 4.69) is 9.88 Å². The maximum atomic E-state index is 15.9. The molecule has 2 aliphatic heterocycles. The molecule has 1 atom stereocenters. The average Bonchev–Trinajstić information content (AvgIpc) is 2.94. The molecule has 0 aliphatic carbocycles. The van der Waals surface area contributed by atoms with E-state index in [1.165, 1.54) is 19.2 Å². The zero-order valence-corrected chi connectivity index (χ0v) is 25.1. The Bertz CT molecular complexity index is 1560. The summed E-state index contributed by atoms with van der Waals surface area (Å²) in [6, 6.07) is 10.8. The molecular formula is C29H32ClF3N4O4S. The first-order chi connectivity index (χ1) is 20.0. The minimum absolute atomic E-state index is 0.0352. The number of ether oxygens (including phenoxy) is 2. The Labute approximate surface area is 248 Å². The van der Waals surface area contributed by atoms with Crippen molar-refractivity contribution in [3.8, 4) is 5.75 Å². The number of methoxy groups -OCH3 is 2. The van der Waals surface area contributed by atoms with Crippen molar-refractivity contribution >= 4 is 33.1 Å². The monoisotopic (exact) mass is 624 g/mol. The number of pyridine rings is 1. The van der Waals surface area contributed by atoms with Crippen LogP contribution in [0.5, 0.6) is 5.75 Å². The molecule has 0 amide bonds. The molecule has 8 nitrogen and oxygen atoms in total. The standard InChI is InChI=1S/C29H32ClF3N4O4S/c1-35-13-5-6-20(16-35)29(41-3)17-36(18-29)23-14-22(31)28(27(33)26(23)30)42(38,39)37(25-8-4-7-24(32)34-25)15-19-9-11-21(40-2)12-10-19/h4,7-12,14,20H,5-6,13,15-18H2,1-3H3. The summed E-state index contributed by atoms with van der Waals surface area (Å²) in [4.78, 5) is 6.34. The van der Waals surface area contributed by atoms with Crippen LogP contribution in [0.3, 0.4) is 0 Å². The molecule has 2 fully saturated rings. The van der Waals surface area contributed by atoms with Gasteiger partial charge >= 0.3 is 0 Å². The van der Waals surface area contributed by atoms with Crippen molar-refractivity contribution in [1.29, 1.82) is 0 Å². The highest BCUT2D eigenvalue weighted by molar-refractivity contribution is 7.92. The molecule has 0 radical (unpaired) electrons. The van der Waals surface area contributed by atoms with Crippen LogP contribution in [0.25, 0.3) is 0 Å². The lowest BCUT2D eigenvalue weighted by Gasteiger charge is -2.55. The Kier molecular flexibility index (Phi) is 8.62. The van der Waals surface area contributed by atoms with Crippen LogP contribution in [-0.4, -0.2) is 71.3 Å². The molecule has 226 valence electrons. The third kappa shape index (κ3) is 5.64. The summed E-state index contributed by atoms with van der Waals surface area (Å²) in [7, 11) is 0.190. The fraction of sp³-hybridized carbons (Fsp3) is 0.414. The Morgan fingerprint density at radius 1 is 1.12 bits per heavy atom. The van der Waals surface area contributed by atoms with Crippen molar-refractivity contribution < 1.29 is 31.1 Å². The second-order valence-electron chi connectivity index (χ2n) is 10.7. The first-order valence-electron chi connectivity index (χ1n) is 13.4. The lowest BCUT2D eigenvalue weighted by molar-refractivity contribution is -0.0953. The predicted octanol–water partition coefficient (Wildman–Crippen LogP) is 5.10. The second kappa shape index (κ2) is 11.9. The number of anilines is 2. The Balaban J connectivity index is 1.48. The summed E-state index contributed by atoms with van der Waals surface area (Å²) in [5.41, 5.74) is -0.0275. The summed E-state index contributed by atoms with van der Waals surface area (Å²) < 4.78 is 85.1. The second-order valence-corrected chi connectivity index (χ2v) is 12.9. The molecule has 3 heterocycles. The smallest absolute Gasteiger partial charge is 0.271 e. The number of rotatable bonds is 9. The number of sulfonamides is 1. The molecule has 3 aromatic rings. The molecule has 0 N–H and O–H groups in total. The Morgan fingerprint density at radius 3 is 2.45 bits per heavy atom. The van der Waals surface area contributed by atoms with E-state index in [-0.39, 0.29) is 24.0 Å². The number of nitrogens with zero attached hydrogens (tertiary/aromatic N) is 4. The van der Waals surface area contributed by atoms with Gasteiger partial charge in [0, 0.05) is 38.7 Å². The number of hydrogen-bond donors (Lipinski definition) is 0. The Morgan fingerprint density at radius 2 is 1.83 bits per heavy atom. The molecule has 0 spiro atoms. The highest BCUT2D eigenvalue weighted by Gasteiger charge is 2.51. The fourth-order valence-corrected chi connectivity index (χ4v) is 7.63. The number of likely N-dealkylation sites (tertiary alicyclic amines) is 1. The molecule has 2 aromatic carbocycles. The van der Waals surface area contributed by atoms with Crippen molar-refractivity contribution in [2.24, 2.45) is 5.92 Å². The largest absolute Gasteiger partial charge is 0.497 e. The van der Waals surface area contributed by atoms with E-state index in [0.29, 0.717) is 28.7 Å². The zero-order valence-electron chi connectivity index (χ0n) is 23.5. The van der Waals surface area contributed by atoms with E-state index in [1.807, 2.05) is 7.05 Å². The third-order valence-electron chi connectivity index (χ3n) is 8.12. The van der Waals surface area contributed by atoms with E-state index < -0.39 is 43.1 Å². The van der Waals surface area contributed by atoms with Crippen LogP contribution >= 0.6 is 11.6 Å². The summed E-state index contributed by atoms with van der Waals surface area (Å²) in [5, 5.41) is -0.531. The van der Waals surface area contributed by atoms with Gasteiger partial charge in [0.2, 0.25) is 5.95 Å². The molecular weight excluding hydrogens is 593 g/mol. The van der Waals surface area contributed by atoms with Crippen LogP contribution in [0, 0.1) is 23.5 Å². The minimum Gasteiger partial charge on any atom is -0.497 e. The SMILES string of the molecule is COc1ccc(CN(c2cccc(F)n2)S(=O)(=O)c2c(F)cc(N3CC(OC)(C4CCCN(C)C4)C3)c(Cl)c2F)cc1. The van der Waals surface area contributed by atoms with Crippen LogP contribution in [0.2, 0.25) is 5.02 Å². The lowest BCUT2D eigenvalue weighted by Crippen LogP contribution is -2.68. The highest BCUT2D eigenvalue weighted by atomic mass is 35.5. The molecule has 0 saturated carbocycles. The number of piperidine rings is 1.